The lowest BCUT2D eigenvalue weighted by Gasteiger charge is -2.47. The number of nitrogens with one attached hydrogen (secondary N) is 1. The van der Waals surface area contributed by atoms with Crippen molar-refractivity contribution in [3.8, 4) is 11.5 Å². The van der Waals surface area contributed by atoms with Crippen LogP contribution in [0, 0.1) is 11.8 Å². The van der Waals surface area contributed by atoms with Crippen molar-refractivity contribution in [2.75, 3.05) is 32.2 Å². The topological polar surface area (TPSA) is 119 Å². The van der Waals surface area contributed by atoms with E-state index in [0.717, 1.165) is 49.1 Å². The first-order valence-electron chi connectivity index (χ1n) is 17.6. The second-order valence-corrected chi connectivity index (χ2v) is 17.6. The van der Waals surface area contributed by atoms with E-state index in [9.17, 15) is 14.8 Å². The average molecular weight is 743 g/mol. The molecule has 1 fully saturated rings. The minimum absolute atomic E-state index is 0.124. The van der Waals surface area contributed by atoms with E-state index in [1.807, 2.05) is 36.5 Å². The van der Waals surface area contributed by atoms with Crippen LogP contribution in [-0.2, 0) is 44.1 Å². The zero-order valence-electron chi connectivity index (χ0n) is 29.0. The van der Waals surface area contributed by atoms with Crippen LogP contribution < -0.4 is 14.6 Å². The molecule has 9 nitrogen and oxygen atoms in total. The van der Waals surface area contributed by atoms with E-state index in [1.54, 1.807) is 19.2 Å². The molecule has 6 rings (SSSR count). The largest absolute Gasteiger partial charge is 0.493 e. The summed E-state index contributed by atoms with van der Waals surface area (Å²) >= 11 is 11.6. The number of rotatable bonds is 14. The molecule has 12 heteroatoms. The van der Waals surface area contributed by atoms with Gasteiger partial charge in [0.05, 0.1) is 19.8 Å². The second-order valence-electron chi connectivity index (χ2n) is 14.4. The van der Waals surface area contributed by atoms with Gasteiger partial charge in [-0.05, 0) is 128 Å². The van der Waals surface area contributed by atoms with E-state index < -0.39 is 18.2 Å². The van der Waals surface area contributed by atoms with Gasteiger partial charge < -0.3 is 29.3 Å². The second kappa shape index (κ2) is 15.5. The third-order valence-electron chi connectivity index (χ3n) is 11.0. The Labute approximate surface area is 305 Å². The molecular weight excluding hydrogens is 695 g/mol. The fraction of sp³-hybridized carbons (Fsp3) is 0.526. The molecule has 50 heavy (non-hydrogen) atoms. The fourth-order valence-electron chi connectivity index (χ4n) is 8.53. The number of nitrogens with zero attached hydrogens (tertiary/aromatic N) is 1. The van der Waals surface area contributed by atoms with Crippen LogP contribution in [0.3, 0.4) is 0 Å². The number of anilines is 1. The number of carboxylic acids is 1. The lowest BCUT2D eigenvalue weighted by molar-refractivity contribution is -0.144. The van der Waals surface area contributed by atoms with Crippen molar-refractivity contribution in [2.24, 2.45) is 11.8 Å². The Hall–Kier alpha value is -2.72. The predicted octanol–water partition coefficient (Wildman–Crippen LogP) is 8.46. The maximum Gasteiger partial charge on any atom is 0.377 e. The van der Waals surface area contributed by atoms with E-state index >= 15 is 0 Å². The van der Waals surface area contributed by atoms with Crippen LogP contribution in [0.25, 0.3) is 0 Å². The zero-order valence-corrected chi connectivity index (χ0v) is 31.5. The number of methoxy groups -OCH3 is 1. The minimum atomic E-state index is -3.55. The summed E-state index contributed by atoms with van der Waals surface area (Å²) < 4.78 is 22.9. The minimum Gasteiger partial charge on any atom is -0.493 e. The van der Waals surface area contributed by atoms with Gasteiger partial charge in [0.15, 0.2) is 0 Å². The molecule has 0 amide bonds. The molecule has 0 bridgehead atoms. The number of benzene rings is 2. The van der Waals surface area contributed by atoms with Gasteiger partial charge in [-0.1, -0.05) is 37.6 Å². The number of hydrogen-bond acceptors (Lipinski definition) is 8. The highest BCUT2D eigenvalue weighted by molar-refractivity contribution is 8.07. The Kier molecular flexibility index (Phi) is 11.5. The normalized spacial score (nSPS) is 26.0. The highest BCUT2D eigenvalue weighted by Crippen LogP contribution is 2.57. The highest BCUT2D eigenvalue weighted by Gasteiger charge is 2.54. The lowest BCUT2D eigenvalue weighted by Crippen LogP contribution is -2.53. The monoisotopic (exact) mass is 742 g/mol. The lowest BCUT2D eigenvalue weighted by atomic mass is 9.59. The number of ether oxygens (including phenoxy) is 2. The van der Waals surface area contributed by atoms with Crippen LogP contribution in [0.2, 0.25) is 5.02 Å². The Morgan fingerprint density at radius 1 is 1.16 bits per heavy atom. The molecule has 1 spiro atoms. The first-order chi connectivity index (χ1) is 23.9. The summed E-state index contributed by atoms with van der Waals surface area (Å²) in [5, 5.41) is 14.5. The molecule has 2 unspecified atom stereocenters. The van der Waals surface area contributed by atoms with Crippen molar-refractivity contribution in [3.05, 3.63) is 82.1 Å². The number of aryl methyl sites for hydroxylation is 1. The van der Waals surface area contributed by atoms with Crippen LogP contribution in [0.5, 0.6) is 11.5 Å². The van der Waals surface area contributed by atoms with Crippen molar-refractivity contribution in [1.29, 1.82) is 0 Å². The standard InChI is InChI=1S/C38H48ClN2O7PS/c1-25(24-46-34-12-17-40-33-9-4-6-26(2)35(33)34)20-28-21-27-10-11-31(48-49(44,50)47-19-18-45-3)23-32(27)37(28)13-15-38(16-14-37,36(42)43)41-30-8-5-7-29(39)22-30/h5,7-8,10-12,17,22-23,25-26,28,41H,4,6,9,13-16,18-21,24H2,1-3H3,(H,42,43)(H,44,50)/t25-,26-,28?,37?,38?,49?/m1/s1. The molecule has 3 aliphatic rings. The van der Waals surface area contributed by atoms with E-state index in [0.29, 0.717) is 54.7 Å². The molecular formula is C38H48ClN2O7PS. The van der Waals surface area contributed by atoms with Crippen molar-refractivity contribution in [2.45, 2.75) is 88.5 Å². The molecule has 0 aliphatic heterocycles. The third kappa shape index (κ3) is 8.01. The van der Waals surface area contributed by atoms with Crippen LogP contribution >= 0.6 is 18.3 Å². The number of fused-ring (bicyclic) bond motifs is 3. The van der Waals surface area contributed by atoms with Gasteiger partial charge >= 0.3 is 12.7 Å². The van der Waals surface area contributed by atoms with Gasteiger partial charge in [-0.3, -0.25) is 9.51 Å². The summed E-state index contributed by atoms with van der Waals surface area (Å²) in [4.78, 5) is 28.4. The van der Waals surface area contributed by atoms with E-state index in [-0.39, 0.29) is 30.5 Å². The molecule has 0 saturated heterocycles. The summed E-state index contributed by atoms with van der Waals surface area (Å²) in [6, 6.07) is 15.1. The maximum absolute atomic E-state index is 12.9. The first-order valence-corrected chi connectivity index (χ1v) is 20.6. The van der Waals surface area contributed by atoms with Gasteiger partial charge in [0.1, 0.15) is 17.0 Å². The number of carboxylic acid groups (broad SMARTS) is 1. The Morgan fingerprint density at radius 3 is 2.70 bits per heavy atom. The number of hydrogen-bond donors (Lipinski definition) is 3. The summed E-state index contributed by atoms with van der Waals surface area (Å²) in [7, 11) is 1.55. The van der Waals surface area contributed by atoms with E-state index in [4.69, 9.17) is 41.9 Å². The maximum atomic E-state index is 12.9. The molecule has 270 valence electrons. The summed E-state index contributed by atoms with van der Waals surface area (Å²) in [5.74, 6) is 1.46. The number of aromatic nitrogens is 1. The van der Waals surface area contributed by atoms with Crippen LogP contribution in [-0.4, -0.2) is 53.4 Å². The Morgan fingerprint density at radius 2 is 1.96 bits per heavy atom. The molecule has 3 aliphatic carbocycles. The highest BCUT2D eigenvalue weighted by atomic mass is 35.5. The molecule has 3 aromatic rings. The smallest absolute Gasteiger partial charge is 0.377 e. The van der Waals surface area contributed by atoms with Crippen LogP contribution in [0.15, 0.2) is 54.7 Å². The number of halogens is 1. The molecule has 1 saturated carbocycles. The molecule has 3 N–H and O–H groups in total. The summed E-state index contributed by atoms with van der Waals surface area (Å²) in [5.41, 5.74) is 4.02. The SMILES string of the molecule is COCCOP(O)(=S)Oc1ccc2c(c1)C1(CCC(Nc3cccc(Cl)c3)(C(=O)O)CC1)C(C[C@@H](C)COc1ccnc3c1[C@H](C)CCC3)C2. The number of carbonyl (C=O) groups is 1. The molecule has 1 heterocycles. The third-order valence-corrected chi connectivity index (χ3v) is 12.8. The summed E-state index contributed by atoms with van der Waals surface area (Å²) in [6.07, 6.45) is 9.12. The predicted molar refractivity (Wildman–Crippen MR) is 199 cm³/mol. The molecule has 0 radical (unpaired) electrons. The van der Waals surface area contributed by atoms with Gasteiger partial charge in [-0.2, -0.15) is 0 Å². The summed E-state index contributed by atoms with van der Waals surface area (Å²) in [6.45, 7) is 1.95. The van der Waals surface area contributed by atoms with Crippen molar-refractivity contribution < 1.29 is 33.3 Å². The van der Waals surface area contributed by atoms with E-state index in [2.05, 4.69) is 30.2 Å². The van der Waals surface area contributed by atoms with Gasteiger partial charge in [0, 0.05) is 47.1 Å². The molecule has 1 aromatic heterocycles. The van der Waals surface area contributed by atoms with Gasteiger partial charge in [0.25, 0.3) is 0 Å². The molecule has 4 atom stereocenters. The van der Waals surface area contributed by atoms with Gasteiger partial charge in [-0.25, -0.2) is 4.79 Å². The number of pyridine rings is 1. The Balaban J connectivity index is 1.25. The number of aliphatic carboxylic acids is 1. The fourth-order valence-corrected chi connectivity index (χ4v) is 9.94. The van der Waals surface area contributed by atoms with Crippen LogP contribution in [0.1, 0.15) is 87.1 Å². The van der Waals surface area contributed by atoms with Crippen molar-refractivity contribution in [3.63, 3.8) is 0 Å². The zero-order chi connectivity index (χ0) is 35.5. The Bertz CT molecular complexity index is 1730. The average Bonchev–Trinajstić information content (AvgIpc) is 3.36. The van der Waals surface area contributed by atoms with Crippen molar-refractivity contribution in [1.82, 2.24) is 4.98 Å². The first kappa shape index (κ1) is 37.1. The van der Waals surface area contributed by atoms with Crippen molar-refractivity contribution >= 4 is 41.8 Å². The van der Waals surface area contributed by atoms with E-state index in [1.165, 1.54) is 11.1 Å². The van der Waals surface area contributed by atoms with Crippen LogP contribution in [0.4, 0.5) is 5.69 Å². The quantitative estimate of drug-likeness (QED) is 0.110. The van der Waals surface area contributed by atoms with Gasteiger partial charge in [0.2, 0.25) is 0 Å². The molecule has 2 aromatic carbocycles. The van der Waals surface area contributed by atoms with Gasteiger partial charge in [-0.15, -0.1) is 0 Å².